The first kappa shape index (κ1) is 32.3. The number of amides is 1. The monoisotopic (exact) mass is 638 g/mol. The number of carbonyl (C=O) groups is 1. The molecule has 3 aromatic heterocycles. The summed E-state index contributed by atoms with van der Waals surface area (Å²) >= 11 is 0. The quantitative estimate of drug-likeness (QED) is 0.390. The number of aryl methyl sites for hydroxylation is 1. The fraction of sp³-hybridized carbons (Fsp3) is 0.552. The number of methoxy groups -OCH3 is 1. The van der Waals surface area contributed by atoms with E-state index < -0.39 is 64.2 Å². The zero-order valence-electron chi connectivity index (χ0n) is 25.3. The van der Waals surface area contributed by atoms with Gasteiger partial charge in [-0.05, 0) is 52.1 Å². The number of nitrogens with zero attached hydrogens (tertiary/aromatic N) is 6. The van der Waals surface area contributed by atoms with Crippen molar-refractivity contribution in [3.63, 3.8) is 0 Å². The number of alkyl halides is 4. The largest absolute Gasteiger partial charge is 0.475 e. The lowest BCUT2D eigenvalue weighted by atomic mass is 10.0. The summed E-state index contributed by atoms with van der Waals surface area (Å²) in [5, 5.41) is -0.0339. The number of rotatable bonds is 5. The summed E-state index contributed by atoms with van der Waals surface area (Å²) in [7, 11) is 1.25. The smallest absolute Gasteiger partial charge is 0.418 e. The van der Waals surface area contributed by atoms with E-state index in [9.17, 15) is 22.4 Å². The third-order valence-corrected chi connectivity index (χ3v) is 8.34. The Morgan fingerprint density at radius 2 is 1.98 bits per heavy atom. The number of aromatic nitrogens is 4. The maximum absolute atomic E-state index is 16.0. The highest BCUT2D eigenvalue weighted by molar-refractivity contribution is 5.99. The molecule has 2 saturated heterocycles. The van der Waals surface area contributed by atoms with Crippen molar-refractivity contribution in [1.82, 2.24) is 24.8 Å². The van der Waals surface area contributed by atoms with E-state index in [0.29, 0.717) is 19.0 Å². The van der Waals surface area contributed by atoms with E-state index in [1.54, 1.807) is 18.7 Å². The molecule has 11 nitrogen and oxygen atoms in total. The number of hydrogen-bond donors (Lipinski definition) is 2. The molecule has 2 fully saturated rings. The summed E-state index contributed by atoms with van der Waals surface area (Å²) in [4.78, 5) is 32.2. The van der Waals surface area contributed by atoms with Crippen LogP contribution in [0, 0.1) is 12.7 Å². The maximum Gasteiger partial charge on any atom is 0.418 e. The molecule has 1 amide bonds. The second-order valence-corrected chi connectivity index (χ2v) is 11.4. The molecule has 6 heterocycles. The highest BCUT2D eigenvalue weighted by atomic mass is 19.4. The van der Waals surface area contributed by atoms with Gasteiger partial charge in [0.15, 0.2) is 5.82 Å². The van der Waals surface area contributed by atoms with Crippen LogP contribution >= 0.6 is 0 Å². The topological polar surface area (TPSA) is 146 Å². The molecule has 4 atom stereocenters. The fourth-order valence-corrected chi connectivity index (χ4v) is 6.41. The van der Waals surface area contributed by atoms with Crippen LogP contribution in [0.2, 0.25) is 0 Å². The maximum atomic E-state index is 16.0. The van der Waals surface area contributed by atoms with Gasteiger partial charge in [-0.1, -0.05) is 6.92 Å². The van der Waals surface area contributed by atoms with Crippen LogP contribution in [0.5, 0.6) is 11.9 Å². The molecule has 3 unspecified atom stereocenters. The number of pyridine rings is 2. The van der Waals surface area contributed by atoms with Crippen molar-refractivity contribution in [3.8, 4) is 23.1 Å². The number of nitrogens with two attached hydrogens (primary N) is 2. The number of nitrogen functional groups attached to an aromatic ring is 1. The average molecular weight is 639 g/mol. The SMILES string of the molecule is CCC(C(N)=O)N1c2nc(OC)nc3c(F)c(-c4cc(N)nc(C)c4C(F)(F)F)nc(c23)OC[C@@H]1C.FC1CC2CCCN2C1. The first-order valence-corrected chi connectivity index (χ1v) is 14.6. The predicted octanol–water partition coefficient (Wildman–Crippen LogP) is 4.19. The lowest BCUT2D eigenvalue weighted by molar-refractivity contribution is -0.137. The van der Waals surface area contributed by atoms with Gasteiger partial charge < -0.3 is 25.8 Å². The van der Waals surface area contributed by atoms with Gasteiger partial charge in [-0.2, -0.15) is 23.1 Å². The minimum absolute atomic E-state index is 0.0339. The van der Waals surface area contributed by atoms with Crippen molar-refractivity contribution >= 4 is 28.4 Å². The van der Waals surface area contributed by atoms with E-state index in [0.717, 1.165) is 26.0 Å². The molecule has 0 bridgehead atoms. The van der Waals surface area contributed by atoms with Crippen LogP contribution in [-0.4, -0.2) is 81.8 Å². The molecule has 3 aliphatic rings. The molecule has 0 aromatic carbocycles. The Morgan fingerprint density at radius 1 is 1.24 bits per heavy atom. The summed E-state index contributed by atoms with van der Waals surface area (Å²) in [5.74, 6) is -2.25. The molecule has 4 N–H and O–H groups in total. The number of fused-ring (bicyclic) bond motifs is 1. The summed E-state index contributed by atoms with van der Waals surface area (Å²) in [6.45, 7) is 6.38. The van der Waals surface area contributed by atoms with Crippen LogP contribution < -0.4 is 25.8 Å². The van der Waals surface area contributed by atoms with Gasteiger partial charge in [-0.25, -0.2) is 18.7 Å². The van der Waals surface area contributed by atoms with Crippen molar-refractivity contribution in [2.24, 2.45) is 5.73 Å². The Labute approximate surface area is 256 Å². The Kier molecular flexibility index (Phi) is 8.88. The van der Waals surface area contributed by atoms with Gasteiger partial charge in [0, 0.05) is 18.2 Å². The highest BCUT2D eigenvalue weighted by Crippen LogP contribution is 2.44. The Bertz CT molecular complexity index is 1590. The molecular formula is C29H35F5N8O3. The number of hydrogen-bond acceptors (Lipinski definition) is 10. The van der Waals surface area contributed by atoms with Gasteiger partial charge in [0.05, 0.1) is 24.4 Å². The number of anilines is 2. The van der Waals surface area contributed by atoms with Gasteiger partial charge in [0.2, 0.25) is 11.8 Å². The van der Waals surface area contributed by atoms with Crippen molar-refractivity contribution in [3.05, 3.63) is 23.1 Å². The molecule has 244 valence electrons. The van der Waals surface area contributed by atoms with Crippen LogP contribution in [-0.2, 0) is 11.0 Å². The zero-order valence-corrected chi connectivity index (χ0v) is 25.3. The molecule has 0 spiro atoms. The molecule has 0 radical (unpaired) electrons. The molecule has 3 aliphatic heterocycles. The minimum Gasteiger partial charge on any atom is -0.475 e. The lowest BCUT2D eigenvalue weighted by Crippen LogP contribution is -2.50. The third kappa shape index (κ3) is 6.11. The summed E-state index contributed by atoms with van der Waals surface area (Å²) in [6.07, 6.45) is -1.78. The van der Waals surface area contributed by atoms with E-state index in [2.05, 4.69) is 24.8 Å². The minimum atomic E-state index is -4.88. The van der Waals surface area contributed by atoms with Gasteiger partial charge in [-0.15, -0.1) is 0 Å². The summed E-state index contributed by atoms with van der Waals surface area (Å²) in [6, 6.07) is -0.125. The Balaban J connectivity index is 0.000000377. The van der Waals surface area contributed by atoms with Crippen molar-refractivity contribution in [2.75, 3.05) is 37.4 Å². The van der Waals surface area contributed by atoms with Gasteiger partial charge in [0.25, 0.3) is 0 Å². The van der Waals surface area contributed by atoms with Crippen LogP contribution in [0.4, 0.5) is 33.6 Å². The van der Waals surface area contributed by atoms with Gasteiger partial charge in [0.1, 0.15) is 47.1 Å². The first-order valence-electron chi connectivity index (χ1n) is 14.6. The van der Waals surface area contributed by atoms with Crippen molar-refractivity contribution in [2.45, 2.75) is 76.9 Å². The highest BCUT2D eigenvalue weighted by Gasteiger charge is 2.40. The van der Waals surface area contributed by atoms with Crippen LogP contribution in [0.15, 0.2) is 6.07 Å². The van der Waals surface area contributed by atoms with Gasteiger partial charge in [-0.3, -0.25) is 9.69 Å². The second kappa shape index (κ2) is 12.4. The van der Waals surface area contributed by atoms with Crippen molar-refractivity contribution < 1.29 is 36.2 Å². The second-order valence-electron chi connectivity index (χ2n) is 11.4. The van der Waals surface area contributed by atoms with Crippen LogP contribution in [0.25, 0.3) is 22.2 Å². The molecule has 0 saturated carbocycles. The number of primary amides is 1. The fourth-order valence-electron chi connectivity index (χ4n) is 6.41. The summed E-state index contributed by atoms with van der Waals surface area (Å²) < 4.78 is 81.4. The molecular weight excluding hydrogens is 603 g/mol. The number of carbonyl (C=O) groups excluding carboxylic acids is 1. The lowest BCUT2D eigenvalue weighted by Gasteiger charge is -2.34. The molecule has 45 heavy (non-hydrogen) atoms. The average Bonchev–Trinajstić information content (AvgIpc) is 3.51. The number of halogens is 5. The van der Waals surface area contributed by atoms with Crippen LogP contribution in [0.3, 0.4) is 0 Å². The molecule has 16 heteroatoms. The van der Waals surface area contributed by atoms with E-state index in [1.165, 1.54) is 20.0 Å². The van der Waals surface area contributed by atoms with Crippen LogP contribution in [0.1, 0.15) is 50.8 Å². The normalized spacial score (nSPS) is 21.9. The van der Waals surface area contributed by atoms with E-state index in [1.807, 2.05) is 0 Å². The van der Waals surface area contributed by atoms with E-state index >= 15 is 4.39 Å². The standard InChI is InChI=1S/C22H23F4N7O3.C7H12FN/c1-5-11(18(28)34)33-8(2)7-36-20-13-17(31-21(35-4)32-19(13)33)15(23)16(30-20)10-6-12(27)29-9(3)14(10)22(24,25)26;8-6-4-7-2-1-3-9(7)5-6/h6,8,11H,5,7H2,1-4H3,(H2,27,29)(H2,28,34);6-7H,1-5H2/t8-,11?;/m0./s1. The molecule has 0 aliphatic carbocycles. The van der Waals surface area contributed by atoms with E-state index in [4.69, 9.17) is 20.9 Å². The van der Waals surface area contributed by atoms with Crippen molar-refractivity contribution in [1.29, 1.82) is 0 Å². The third-order valence-electron chi connectivity index (χ3n) is 8.34. The molecule has 6 rings (SSSR count). The van der Waals surface area contributed by atoms with E-state index in [-0.39, 0.29) is 35.5 Å². The number of ether oxygens (including phenoxy) is 2. The molecule has 3 aromatic rings. The zero-order chi connectivity index (χ0) is 32.8. The predicted molar refractivity (Wildman–Crippen MR) is 156 cm³/mol. The van der Waals surface area contributed by atoms with Gasteiger partial charge >= 0.3 is 12.2 Å². The Morgan fingerprint density at radius 3 is 2.60 bits per heavy atom. The summed E-state index contributed by atoms with van der Waals surface area (Å²) in [5.41, 5.74) is 7.97. The Hall–Kier alpha value is -4.08. The first-order chi connectivity index (χ1) is 21.2.